The zero-order valence-electron chi connectivity index (χ0n) is 17.8. The second-order valence-corrected chi connectivity index (χ2v) is 9.63. The molecular weight excluding hydrogens is 400 g/mol. The molecule has 1 aliphatic rings. The van der Waals surface area contributed by atoms with Gasteiger partial charge in [0.15, 0.2) is 0 Å². The Labute approximate surface area is 179 Å². The number of nitrogens with zero attached hydrogens (tertiary/aromatic N) is 1. The average molecular weight is 431 g/mol. The van der Waals surface area contributed by atoms with Crippen LogP contribution in [0.5, 0.6) is 5.75 Å². The number of amides is 1. The van der Waals surface area contributed by atoms with Crippen molar-refractivity contribution in [2.45, 2.75) is 45.6 Å². The van der Waals surface area contributed by atoms with Crippen LogP contribution in [0.25, 0.3) is 0 Å². The van der Waals surface area contributed by atoms with Crippen LogP contribution in [0.15, 0.2) is 42.5 Å². The minimum Gasteiger partial charge on any atom is -0.494 e. The first kappa shape index (κ1) is 22.2. The molecule has 6 nitrogen and oxygen atoms in total. The third kappa shape index (κ3) is 5.53. The lowest BCUT2D eigenvalue weighted by molar-refractivity contribution is -0.120. The fraction of sp³-hybridized carbons (Fsp3) is 0.435. The molecule has 0 saturated heterocycles. The number of aryl methyl sites for hydroxylation is 2. The summed E-state index contributed by atoms with van der Waals surface area (Å²) >= 11 is 0. The Morgan fingerprint density at radius 2 is 1.77 bits per heavy atom. The minimum atomic E-state index is -3.62. The Hall–Kier alpha value is -2.54. The normalized spacial score (nSPS) is 14.5. The zero-order chi connectivity index (χ0) is 21.7. The molecule has 0 radical (unpaired) electrons. The van der Waals surface area contributed by atoms with Gasteiger partial charge in [0.05, 0.1) is 24.6 Å². The van der Waals surface area contributed by atoms with Crippen LogP contribution in [-0.2, 0) is 27.7 Å². The van der Waals surface area contributed by atoms with E-state index in [1.54, 1.807) is 24.3 Å². The third-order valence-electron chi connectivity index (χ3n) is 5.37. The Balaban J connectivity index is 1.70. The summed E-state index contributed by atoms with van der Waals surface area (Å²) < 4.78 is 31.1. The zero-order valence-corrected chi connectivity index (χ0v) is 18.7. The maximum absolute atomic E-state index is 12.7. The van der Waals surface area contributed by atoms with E-state index in [2.05, 4.69) is 23.5 Å². The molecule has 0 saturated carbocycles. The fourth-order valence-corrected chi connectivity index (χ4v) is 4.66. The third-order valence-corrected chi connectivity index (χ3v) is 6.51. The summed E-state index contributed by atoms with van der Waals surface area (Å²) in [6.07, 6.45) is 5.71. The highest BCUT2D eigenvalue weighted by Crippen LogP contribution is 2.25. The van der Waals surface area contributed by atoms with Crippen molar-refractivity contribution < 1.29 is 17.9 Å². The van der Waals surface area contributed by atoms with Crippen molar-refractivity contribution in [1.82, 2.24) is 5.32 Å². The van der Waals surface area contributed by atoms with E-state index in [0.717, 1.165) is 29.0 Å². The molecule has 0 fully saturated rings. The van der Waals surface area contributed by atoms with Gasteiger partial charge in [-0.3, -0.25) is 9.10 Å². The van der Waals surface area contributed by atoms with Crippen molar-refractivity contribution in [3.8, 4) is 5.75 Å². The molecule has 1 amide bonds. The number of fused-ring (bicyclic) bond motifs is 1. The number of hydrogen-bond donors (Lipinski definition) is 1. The van der Waals surface area contributed by atoms with Crippen LogP contribution >= 0.6 is 0 Å². The molecule has 1 aliphatic carbocycles. The summed E-state index contributed by atoms with van der Waals surface area (Å²) in [5.74, 6) is 0.305. The van der Waals surface area contributed by atoms with Gasteiger partial charge in [0.1, 0.15) is 12.3 Å². The molecule has 0 heterocycles. The van der Waals surface area contributed by atoms with Crippen LogP contribution in [0.3, 0.4) is 0 Å². The standard InChI is InChI=1S/C23H30N2O4S/c1-4-29-22-13-11-21(12-14-22)25(30(3,27)28)16-23(26)24-17(2)19-10-9-18-7-5-6-8-20(18)15-19/h9-15,17H,4-8,16H2,1-3H3,(H,24,26)/t17-/m0/s1. The second-order valence-electron chi connectivity index (χ2n) is 7.72. The van der Waals surface area contributed by atoms with Crippen LogP contribution in [0.2, 0.25) is 0 Å². The molecular formula is C23H30N2O4S. The highest BCUT2D eigenvalue weighted by atomic mass is 32.2. The van der Waals surface area contributed by atoms with Gasteiger partial charge in [-0.2, -0.15) is 0 Å². The second kappa shape index (κ2) is 9.51. The monoisotopic (exact) mass is 430 g/mol. The van der Waals surface area contributed by atoms with Crippen LogP contribution < -0.4 is 14.4 Å². The predicted octanol–water partition coefficient (Wildman–Crippen LogP) is 3.61. The van der Waals surface area contributed by atoms with E-state index < -0.39 is 10.0 Å². The van der Waals surface area contributed by atoms with Crippen molar-refractivity contribution in [3.05, 3.63) is 59.2 Å². The Morgan fingerprint density at radius 3 is 2.40 bits per heavy atom. The summed E-state index contributed by atoms with van der Waals surface area (Å²) in [6.45, 7) is 4.05. The summed E-state index contributed by atoms with van der Waals surface area (Å²) in [5.41, 5.74) is 4.21. The molecule has 0 unspecified atom stereocenters. The smallest absolute Gasteiger partial charge is 0.241 e. The van der Waals surface area contributed by atoms with Gasteiger partial charge in [0.25, 0.3) is 0 Å². The molecule has 2 aromatic carbocycles. The van der Waals surface area contributed by atoms with Gasteiger partial charge in [-0.25, -0.2) is 8.42 Å². The maximum Gasteiger partial charge on any atom is 0.241 e. The lowest BCUT2D eigenvalue weighted by Gasteiger charge is -2.24. The quantitative estimate of drug-likeness (QED) is 0.694. The van der Waals surface area contributed by atoms with Gasteiger partial charge in [-0.1, -0.05) is 18.2 Å². The molecule has 162 valence electrons. The molecule has 1 N–H and O–H groups in total. The summed E-state index contributed by atoms with van der Waals surface area (Å²) in [6, 6.07) is 12.9. The minimum absolute atomic E-state index is 0.202. The van der Waals surface area contributed by atoms with E-state index in [9.17, 15) is 13.2 Å². The van der Waals surface area contributed by atoms with Gasteiger partial charge in [0.2, 0.25) is 15.9 Å². The van der Waals surface area contributed by atoms with Gasteiger partial charge < -0.3 is 10.1 Å². The molecule has 2 aromatic rings. The number of rotatable bonds is 8. The molecule has 30 heavy (non-hydrogen) atoms. The van der Waals surface area contributed by atoms with E-state index in [-0.39, 0.29) is 18.5 Å². The number of nitrogens with one attached hydrogen (secondary N) is 1. The first-order valence-corrected chi connectivity index (χ1v) is 12.2. The predicted molar refractivity (Wildman–Crippen MR) is 119 cm³/mol. The molecule has 3 rings (SSSR count). The average Bonchev–Trinajstić information content (AvgIpc) is 2.72. The number of benzene rings is 2. The van der Waals surface area contributed by atoms with E-state index in [4.69, 9.17) is 4.74 Å². The topological polar surface area (TPSA) is 75.7 Å². The largest absolute Gasteiger partial charge is 0.494 e. The highest BCUT2D eigenvalue weighted by molar-refractivity contribution is 7.92. The van der Waals surface area contributed by atoms with Crippen molar-refractivity contribution in [3.63, 3.8) is 0 Å². The first-order chi connectivity index (χ1) is 14.3. The van der Waals surface area contributed by atoms with E-state index in [1.165, 1.54) is 24.0 Å². The van der Waals surface area contributed by atoms with E-state index in [0.29, 0.717) is 18.0 Å². The molecule has 0 aliphatic heterocycles. The number of carbonyl (C=O) groups is 1. The molecule has 0 aromatic heterocycles. The number of hydrogen-bond acceptors (Lipinski definition) is 4. The van der Waals surface area contributed by atoms with E-state index >= 15 is 0 Å². The van der Waals surface area contributed by atoms with Crippen LogP contribution in [0, 0.1) is 0 Å². The lowest BCUT2D eigenvalue weighted by atomic mass is 9.89. The molecule has 0 spiro atoms. The molecule has 7 heteroatoms. The van der Waals surface area contributed by atoms with E-state index in [1.807, 2.05) is 13.8 Å². The number of ether oxygens (including phenoxy) is 1. The lowest BCUT2D eigenvalue weighted by Crippen LogP contribution is -2.41. The Kier molecular flexibility index (Phi) is 7.02. The van der Waals surface area contributed by atoms with Crippen LogP contribution in [0.4, 0.5) is 5.69 Å². The number of carbonyl (C=O) groups excluding carboxylic acids is 1. The summed E-state index contributed by atoms with van der Waals surface area (Å²) in [5, 5.41) is 2.94. The van der Waals surface area contributed by atoms with Crippen molar-refractivity contribution in [2.24, 2.45) is 0 Å². The molecule has 1 atom stereocenters. The summed E-state index contributed by atoms with van der Waals surface area (Å²) in [4.78, 5) is 12.7. The number of sulfonamides is 1. The van der Waals surface area contributed by atoms with Crippen molar-refractivity contribution in [1.29, 1.82) is 0 Å². The summed E-state index contributed by atoms with van der Waals surface area (Å²) in [7, 11) is -3.62. The number of anilines is 1. The Morgan fingerprint density at radius 1 is 1.10 bits per heavy atom. The first-order valence-electron chi connectivity index (χ1n) is 10.4. The highest BCUT2D eigenvalue weighted by Gasteiger charge is 2.22. The van der Waals surface area contributed by atoms with Crippen molar-refractivity contribution in [2.75, 3.05) is 23.7 Å². The van der Waals surface area contributed by atoms with Crippen molar-refractivity contribution >= 4 is 21.6 Å². The SMILES string of the molecule is CCOc1ccc(N(CC(=O)N[C@@H](C)c2ccc3c(c2)CCCC3)S(C)(=O)=O)cc1. The maximum atomic E-state index is 12.7. The van der Waals surface area contributed by atoms with Gasteiger partial charge >= 0.3 is 0 Å². The van der Waals surface area contributed by atoms with Gasteiger partial charge in [-0.15, -0.1) is 0 Å². The van der Waals surface area contributed by atoms with Gasteiger partial charge in [0, 0.05) is 0 Å². The Bertz CT molecular complexity index is 987. The van der Waals surface area contributed by atoms with Crippen LogP contribution in [0.1, 0.15) is 49.4 Å². The fourth-order valence-electron chi connectivity index (χ4n) is 3.80. The molecule has 0 bridgehead atoms. The van der Waals surface area contributed by atoms with Crippen LogP contribution in [-0.4, -0.2) is 33.7 Å². The van der Waals surface area contributed by atoms with Gasteiger partial charge in [-0.05, 0) is 80.5 Å².